The van der Waals surface area contributed by atoms with Crippen molar-refractivity contribution in [2.24, 2.45) is 0 Å². The second-order valence-electron chi connectivity index (χ2n) is 30.0. The van der Waals surface area contributed by atoms with Crippen LogP contribution < -0.4 is 0 Å². The van der Waals surface area contributed by atoms with Crippen LogP contribution in [-0.4, -0.2) is 74.8 Å². The Labute approximate surface area is 642 Å². The van der Waals surface area contributed by atoms with Crippen molar-refractivity contribution in [3.8, 4) is 0 Å². The van der Waals surface area contributed by atoms with Crippen LogP contribution in [0.2, 0.25) is 0 Å². The van der Waals surface area contributed by atoms with Crippen LogP contribution in [0.25, 0.3) is 21.5 Å². The molecule has 552 valence electrons. The van der Waals surface area contributed by atoms with E-state index in [1.807, 2.05) is 24.3 Å². The van der Waals surface area contributed by atoms with Crippen LogP contribution >= 0.6 is 0 Å². The third-order valence-electron chi connectivity index (χ3n) is 20.9. The molecule has 0 bridgehead atoms. The second-order valence-corrected chi connectivity index (χ2v) is 32.7. The Hall–Kier alpha value is -1.21. The molecule has 6 nitrogen and oxygen atoms in total. The molecule has 0 unspecified atom stereocenters. The largest absolute Gasteiger partial charge is 2.00 e. The molecule has 0 spiro atoms. The van der Waals surface area contributed by atoms with Gasteiger partial charge in [-0.05, 0) is 107 Å². The van der Waals surface area contributed by atoms with Gasteiger partial charge in [0.15, 0.2) is 0 Å². The summed E-state index contributed by atoms with van der Waals surface area (Å²) in [4.78, 5) is -0.0935. The zero-order chi connectivity index (χ0) is 69.1. The van der Waals surface area contributed by atoms with Gasteiger partial charge < -0.3 is 9.11 Å². The Morgan fingerprint density at radius 3 is 0.546 bits per heavy atom. The van der Waals surface area contributed by atoms with Gasteiger partial charge in [0, 0.05) is 0 Å². The number of aryl methyl sites for hydroxylation is 4. The van der Waals surface area contributed by atoms with Crippen LogP contribution in [0.5, 0.6) is 0 Å². The van der Waals surface area contributed by atoms with E-state index in [1.165, 1.54) is 358 Å². The van der Waals surface area contributed by atoms with E-state index in [9.17, 15) is 25.9 Å². The minimum absolute atomic E-state index is 0. The van der Waals surface area contributed by atoms with E-state index in [2.05, 4.69) is 52.0 Å². The summed E-state index contributed by atoms with van der Waals surface area (Å²) in [6, 6.07) is 19.6. The van der Waals surface area contributed by atoms with Gasteiger partial charge in [-0.3, -0.25) is 0 Å². The fraction of sp³-hybridized carbons (Fsp3) is 0.773. The summed E-state index contributed by atoms with van der Waals surface area (Å²) in [6.07, 6.45) is 84.5. The van der Waals surface area contributed by atoms with E-state index < -0.39 is 20.2 Å². The Morgan fingerprint density at radius 2 is 0.371 bits per heavy atom. The standard InChI is InChI=1S/2C44H76O3S.Ba/c2*1-3-5-7-9-11-13-15-17-19-21-23-25-27-29-31-33-40-35-36-43-42(37-40)38-41(39-44(43)48(45,46)47)34-32-30-28-26-24-22-20-18-16-14-12-10-8-6-4-2;/h2*35-39H,3-34H2,1-2H3,(H,45,46,47);/q;;+2/p-2. The van der Waals surface area contributed by atoms with Gasteiger partial charge in [-0.15, -0.1) is 0 Å². The van der Waals surface area contributed by atoms with Crippen molar-refractivity contribution in [1.82, 2.24) is 0 Å². The number of hydrogen-bond donors (Lipinski definition) is 0. The molecule has 97 heavy (non-hydrogen) atoms. The van der Waals surface area contributed by atoms with E-state index in [4.69, 9.17) is 0 Å². The third kappa shape index (κ3) is 49.2. The predicted octanol–water partition coefficient (Wildman–Crippen LogP) is 28.8. The molecule has 0 saturated carbocycles. The van der Waals surface area contributed by atoms with Crippen LogP contribution in [0.4, 0.5) is 0 Å². The quantitative estimate of drug-likeness (QED) is 0.0247. The zero-order valence-electron chi connectivity index (χ0n) is 64.0. The fourth-order valence-corrected chi connectivity index (χ4v) is 16.2. The first kappa shape index (κ1) is 91.9. The number of unbranched alkanes of at least 4 members (excludes halogenated alkanes) is 56. The van der Waals surface area contributed by atoms with Crippen molar-refractivity contribution in [3.05, 3.63) is 82.9 Å². The summed E-state index contributed by atoms with van der Waals surface area (Å²) in [6.45, 7) is 9.12. The van der Waals surface area contributed by atoms with E-state index in [-0.39, 0.29) is 58.7 Å². The molecule has 0 N–H and O–H groups in total. The van der Waals surface area contributed by atoms with Gasteiger partial charge in [-0.1, -0.05) is 436 Å². The van der Waals surface area contributed by atoms with E-state index in [1.54, 1.807) is 12.1 Å². The van der Waals surface area contributed by atoms with Crippen molar-refractivity contribution in [2.45, 2.75) is 448 Å². The monoisotopic (exact) mass is 1500 g/mol. The zero-order valence-corrected chi connectivity index (χ0v) is 70.1. The van der Waals surface area contributed by atoms with Gasteiger partial charge in [0.25, 0.3) is 0 Å². The molecule has 0 radical (unpaired) electrons. The molecule has 0 aliphatic heterocycles. The third-order valence-corrected chi connectivity index (χ3v) is 22.6. The summed E-state index contributed by atoms with van der Waals surface area (Å²) in [7, 11) is -9.04. The second kappa shape index (κ2) is 63.3. The smallest absolute Gasteiger partial charge is 0.744 e. The molecule has 0 fully saturated rings. The minimum atomic E-state index is -4.52. The molecule has 4 aromatic carbocycles. The molecule has 0 aromatic heterocycles. The maximum Gasteiger partial charge on any atom is 2.00 e. The number of rotatable bonds is 66. The van der Waals surface area contributed by atoms with Crippen molar-refractivity contribution in [3.63, 3.8) is 0 Å². The number of benzene rings is 4. The van der Waals surface area contributed by atoms with Crippen molar-refractivity contribution in [2.75, 3.05) is 0 Å². The van der Waals surface area contributed by atoms with Crippen LogP contribution in [0.3, 0.4) is 0 Å². The molecular weight excluding hydrogens is 1350 g/mol. The fourth-order valence-electron chi connectivity index (χ4n) is 14.7. The SMILES string of the molecule is CCCCCCCCCCCCCCCCCc1ccc2c(S(=O)(=O)[O-])cc(CCCCCCCCCCCCCCCCC)cc2c1.CCCCCCCCCCCCCCCCCc1ccc2c(S(=O)(=O)[O-])cc(CCCCCCCCCCCCCCCCC)cc2c1.[Ba+2]. The molecule has 0 aliphatic carbocycles. The predicted molar refractivity (Wildman–Crippen MR) is 424 cm³/mol. The first-order valence-corrected chi connectivity index (χ1v) is 44.8. The van der Waals surface area contributed by atoms with Crippen LogP contribution in [-0.2, 0) is 45.9 Å². The average molecular weight is 1510 g/mol. The van der Waals surface area contributed by atoms with E-state index in [0.717, 1.165) is 86.1 Å². The van der Waals surface area contributed by atoms with Gasteiger partial charge in [0.05, 0.1) is 9.79 Å². The normalized spacial score (nSPS) is 11.9. The van der Waals surface area contributed by atoms with Crippen molar-refractivity contribution in [1.29, 1.82) is 0 Å². The summed E-state index contributed by atoms with van der Waals surface area (Å²) < 4.78 is 73.0. The molecule has 0 saturated heterocycles. The van der Waals surface area contributed by atoms with E-state index >= 15 is 0 Å². The van der Waals surface area contributed by atoms with Gasteiger partial charge in [0.2, 0.25) is 0 Å². The summed E-state index contributed by atoms with van der Waals surface area (Å²) in [5, 5.41) is 2.96. The van der Waals surface area contributed by atoms with E-state index in [0.29, 0.717) is 10.8 Å². The van der Waals surface area contributed by atoms with Crippen molar-refractivity contribution < 1.29 is 25.9 Å². The van der Waals surface area contributed by atoms with Crippen LogP contribution in [0.1, 0.15) is 435 Å². The molecule has 0 aliphatic rings. The Balaban J connectivity index is 0.000000653. The Morgan fingerprint density at radius 1 is 0.216 bits per heavy atom. The summed E-state index contributed by atoms with van der Waals surface area (Å²) in [5.41, 5.74) is 4.46. The van der Waals surface area contributed by atoms with Crippen molar-refractivity contribution >= 4 is 90.7 Å². The Bertz CT molecular complexity index is 2490. The first-order valence-electron chi connectivity index (χ1n) is 41.9. The Kier molecular flexibility index (Phi) is 59.9. The minimum Gasteiger partial charge on any atom is -0.744 e. The molecule has 4 rings (SSSR count). The molecule has 0 amide bonds. The molecule has 9 heteroatoms. The van der Waals surface area contributed by atoms with Crippen LogP contribution in [0.15, 0.2) is 70.5 Å². The van der Waals surface area contributed by atoms with Gasteiger partial charge in [0.1, 0.15) is 20.2 Å². The summed E-state index contributed by atoms with van der Waals surface area (Å²) in [5.74, 6) is 0. The number of fused-ring (bicyclic) bond motifs is 2. The maximum atomic E-state index is 12.2. The number of hydrogen-bond acceptors (Lipinski definition) is 6. The molecule has 4 aromatic rings. The topological polar surface area (TPSA) is 114 Å². The molecule has 0 atom stereocenters. The summed E-state index contributed by atoms with van der Waals surface area (Å²) >= 11 is 0. The van der Waals surface area contributed by atoms with Crippen LogP contribution in [0, 0.1) is 0 Å². The molecular formula is C88H150BaO6S2. The van der Waals surface area contributed by atoms with Gasteiger partial charge >= 0.3 is 48.9 Å². The average Bonchev–Trinajstić information content (AvgIpc) is 0.795. The molecule has 0 heterocycles. The maximum absolute atomic E-state index is 12.2. The van der Waals surface area contributed by atoms with Gasteiger partial charge in [-0.25, -0.2) is 16.8 Å². The first-order chi connectivity index (χ1) is 46.9. The van der Waals surface area contributed by atoms with Gasteiger partial charge in [-0.2, -0.15) is 0 Å².